The molecule has 0 aliphatic rings. The van der Waals surface area contributed by atoms with E-state index in [4.69, 9.17) is 13.8 Å². The maximum Gasteiger partial charge on any atom is 0.420 e. The summed E-state index contributed by atoms with van der Waals surface area (Å²) in [4.78, 5) is 10.4. The number of nitrogens with zero attached hydrogens (tertiary/aromatic N) is 1. The third kappa shape index (κ3) is 6.95. The number of benzene rings is 2. The Morgan fingerprint density at radius 2 is 1.71 bits per heavy atom. The Labute approximate surface area is 177 Å². The Bertz CT molecular complexity index is 930. The molecule has 0 spiro atoms. The second-order valence-corrected chi connectivity index (χ2v) is 8.23. The highest BCUT2D eigenvalue weighted by atomic mass is 31.2. The standard InChI is InChI=1S/C19H22F3N2O6P/c1-3-29-31(27,30-4-2)13-23-16-11-18(28-12-14-8-6-5-7-9-14)15(19(20,21)22)10-17(16)24(25)26/h5-11,23H,3-4,12-13H2,1-2H3. The Kier molecular flexibility index (Phi) is 8.43. The molecule has 0 unspecified atom stereocenters. The minimum atomic E-state index is -4.89. The molecular weight excluding hydrogens is 440 g/mol. The summed E-state index contributed by atoms with van der Waals surface area (Å²) in [6.45, 7) is 3.10. The summed E-state index contributed by atoms with van der Waals surface area (Å²) in [7, 11) is -3.65. The van der Waals surface area contributed by atoms with Crippen LogP contribution >= 0.6 is 7.60 Å². The van der Waals surface area contributed by atoms with Crippen LogP contribution in [0.4, 0.5) is 24.5 Å². The van der Waals surface area contributed by atoms with Crippen LogP contribution in [0.1, 0.15) is 25.0 Å². The van der Waals surface area contributed by atoms with E-state index in [1.807, 2.05) is 0 Å². The summed E-state index contributed by atoms with van der Waals surface area (Å²) in [6.07, 6.45) is -5.36. The second-order valence-electron chi connectivity index (χ2n) is 6.18. The molecule has 1 N–H and O–H groups in total. The molecule has 0 atom stereocenters. The maximum atomic E-state index is 13.5. The molecule has 0 heterocycles. The molecule has 0 fully saturated rings. The summed E-state index contributed by atoms with van der Waals surface area (Å²) in [5.41, 5.74) is -1.83. The number of rotatable bonds is 11. The number of hydrogen-bond donors (Lipinski definition) is 1. The van der Waals surface area contributed by atoms with Gasteiger partial charge in [0, 0.05) is 12.1 Å². The van der Waals surface area contributed by atoms with Gasteiger partial charge in [0.15, 0.2) is 0 Å². The van der Waals surface area contributed by atoms with Crippen molar-refractivity contribution in [3.05, 3.63) is 63.7 Å². The first-order valence-corrected chi connectivity index (χ1v) is 11.0. The molecule has 2 aromatic carbocycles. The van der Waals surface area contributed by atoms with Crippen LogP contribution in [-0.4, -0.2) is 24.4 Å². The number of alkyl halides is 3. The SMILES string of the molecule is CCOP(=O)(CNc1cc(OCc2ccccc2)c(C(F)(F)F)cc1[N+](=O)[O-])OCC. The quantitative estimate of drug-likeness (QED) is 0.255. The number of nitrogens with one attached hydrogen (secondary N) is 1. The van der Waals surface area contributed by atoms with Crippen LogP contribution in [0.2, 0.25) is 0 Å². The number of nitro benzene ring substituents is 1. The summed E-state index contributed by atoms with van der Waals surface area (Å²) < 4.78 is 68.7. The summed E-state index contributed by atoms with van der Waals surface area (Å²) in [5, 5.41) is 13.9. The highest BCUT2D eigenvalue weighted by Gasteiger charge is 2.38. The minimum absolute atomic E-state index is 0.0551. The van der Waals surface area contributed by atoms with Crippen molar-refractivity contribution in [1.29, 1.82) is 0 Å². The number of ether oxygens (including phenoxy) is 1. The Balaban J connectivity index is 2.41. The van der Waals surface area contributed by atoms with E-state index < -0.39 is 42.0 Å². The average molecular weight is 462 g/mol. The third-order valence-electron chi connectivity index (χ3n) is 3.95. The van der Waals surface area contributed by atoms with Crippen LogP contribution in [0, 0.1) is 10.1 Å². The van der Waals surface area contributed by atoms with Gasteiger partial charge in [0.05, 0.1) is 18.1 Å². The Morgan fingerprint density at radius 3 is 2.23 bits per heavy atom. The molecule has 0 amide bonds. The molecule has 0 radical (unpaired) electrons. The van der Waals surface area contributed by atoms with Gasteiger partial charge in [-0.05, 0) is 19.4 Å². The second kappa shape index (κ2) is 10.6. The fraction of sp³-hybridized carbons (Fsp3) is 0.368. The number of nitro groups is 1. The topological polar surface area (TPSA) is 99.9 Å². The van der Waals surface area contributed by atoms with Crippen molar-refractivity contribution < 1.29 is 36.4 Å². The lowest BCUT2D eigenvalue weighted by molar-refractivity contribution is -0.384. The highest BCUT2D eigenvalue weighted by molar-refractivity contribution is 7.53. The van der Waals surface area contributed by atoms with E-state index in [0.717, 1.165) is 6.07 Å². The van der Waals surface area contributed by atoms with Crippen molar-refractivity contribution in [2.24, 2.45) is 0 Å². The molecular formula is C19H22F3N2O6P. The van der Waals surface area contributed by atoms with Crippen LogP contribution in [0.25, 0.3) is 0 Å². The normalized spacial score (nSPS) is 11.9. The first-order valence-electron chi connectivity index (χ1n) is 9.28. The fourth-order valence-corrected chi connectivity index (χ4v) is 4.05. The van der Waals surface area contributed by atoms with Crippen LogP contribution in [0.5, 0.6) is 5.75 Å². The van der Waals surface area contributed by atoms with Crippen molar-refractivity contribution >= 4 is 19.0 Å². The van der Waals surface area contributed by atoms with Gasteiger partial charge in [-0.25, -0.2) is 0 Å². The van der Waals surface area contributed by atoms with Gasteiger partial charge >= 0.3 is 13.8 Å². The molecule has 0 aromatic heterocycles. The van der Waals surface area contributed by atoms with Gasteiger partial charge < -0.3 is 19.1 Å². The van der Waals surface area contributed by atoms with Crippen molar-refractivity contribution in [2.75, 3.05) is 24.8 Å². The Hall–Kier alpha value is -2.62. The minimum Gasteiger partial charge on any atom is -0.488 e. The lowest BCUT2D eigenvalue weighted by Crippen LogP contribution is -2.13. The lowest BCUT2D eigenvalue weighted by atomic mass is 10.1. The van der Waals surface area contributed by atoms with Crippen molar-refractivity contribution in [3.63, 3.8) is 0 Å². The van der Waals surface area contributed by atoms with Gasteiger partial charge in [0.1, 0.15) is 29.9 Å². The summed E-state index contributed by atoms with van der Waals surface area (Å²) in [6, 6.07) is 9.72. The molecule has 2 rings (SSSR count). The van der Waals surface area contributed by atoms with Gasteiger partial charge in [-0.1, -0.05) is 30.3 Å². The van der Waals surface area contributed by atoms with Gasteiger partial charge in [-0.3, -0.25) is 14.7 Å². The van der Waals surface area contributed by atoms with Crippen molar-refractivity contribution in [1.82, 2.24) is 0 Å². The molecule has 0 aliphatic carbocycles. The van der Waals surface area contributed by atoms with Crippen molar-refractivity contribution in [3.8, 4) is 5.75 Å². The molecule has 8 nitrogen and oxygen atoms in total. The smallest absolute Gasteiger partial charge is 0.420 e. The molecule has 170 valence electrons. The Morgan fingerprint density at radius 1 is 1.10 bits per heavy atom. The number of hydrogen-bond acceptors (Lipinski definition) is 7. The van der Waals surface area contributed by atoms with Gasteiger partial charge in [0.25, 0.3) is 5.69 Å². The summed E-state index contributed by atoms with van der Waals surface area (Å²) in [5.74, 6) is -0.605. The predicted octanol–water partition coefficient (Wildman–Crippen LogP) is 5.83. The molecule has 12 heteroatoms. The fourth-order valence-electron chi connectivity index (χ4n) is 2.64. The highest BCUT2D eigenvalue weighted by Crippen LogP contribution is 2.49. The monoisotopic (exact) mass is 462 g/mol. The molecule has 31 heavy (non-hydrogen) atoms. The zero-order valence-corrected chi connectivity index (χ0v) is 17.7. The van der Waals surface area contributed by atoms with E-state index in [1.54, 1.807) is 44.2 Å². The predicted molar refractivity (Wildman–Crippen MR) is 108 cm³/mol. The van der Waals surface area contributed by atoms with Gasteiger partial charge in [-0.15, -0.1) is 0 Å². The van der Waals surface area contributed by atoms with E-state index in [9.17, 15) is 27.9 Å². The first kappa shape index (κ1) is 24.6. The first-order chi connectivity index (χ1) is 14.6. The van der Waals surface area contributed by atoms with E-state index in [-0.39, 0.29) is 25.5 Å². The maximum absolute atomic E-state index is 13.5. The van der Waals surface area contributed by atoms with Gasteiger partial charge in [-0.2, -0.15) is 13.2 Å². The van der Waals surface area contributed by atoms with Crippen LogP contribution in [-0.2, 0) is 26.4 Å². The zero-order chi connectivity index (χ0) is 23.1. The third-order valence-corrected chi connectivity index (χ3v) is 5.80. The number of anilines is 1. The van der Waals surface area contributed by atoms with E-state index in [2.05, 4.69) is 5.32 Å². The summed E-state index contributed by atoms with van der Waals surface area (Å²) >= 11 is 0. The van der Waals surface area contributed by atoms with Crippen LogP contribution in [0.15, 0.2) is 42.5 Å². The average Bonchev–Trinajstić information content (AvgIpc) is 2.70. The number of halogens is 3. The molecule has 0 saturated carbocycles. The van der Waals surface area contributed by atoms with Crippen molar-refractivity contribution in [2.45, 2.75) is 26.6 Å². The largest absolute Gasteiger partial charge is 0.488 e. The molecule has 2 aromatic rings. The van der Waals surface area contributed by atoms with E-state index in [1.165, 1.54) is 0 Å². The van der Waals surface area contributed by atoms with Gasteiger partial charge in [0.2, 0.25) is 0 Å². The van der Waals surface area contributed by atoms with Crippen LogP contribution in [0.3, 0.4) is 0 Å². The van der Waals surface area contributed by atoms with E-state index in [0.29, 0.717) is 11.6 Å². The van der Waals surface area contributed by atoms with E-state index >= 15 is 0 Å². The molecule has 0 saturated heterocycles. The molecule has 0 bridgehead atoms. The zero-order valence-electron chi connectivity index (χ0n) is 16.8. The lowest BCUT2D eigenvalue weighted by Gasteiger charge is -2.19. The van der Waals surface area contributed by atoms with Crippen LogP contribution < -0.4 is 10.1 Å². The molecule has 0 aliphatic heterocycles.